The molecule has 112 valence electrons. The molecule has 2 heterocycles. The largest absolute Gasteiger partial charge is 0.330 e. The summed E-state index contributed by atoms with van der Waals surface area (Å²) in [4.78, 5) is 4.21. The van der Waals surface area contributed by atoms with Crippen LogP contribution in [0.5, 0.6) is 0 Å². The molecule has 6 heteroatoms. The molecule has 0 aliphatic heterocycles. The van der Waals surface area contributed by atoms with Crippen LogP contribution in [0.25, 0.3) is 22.2 Å². The zero-order valence-electron chi connectivity index (χ0n) is 11.5. The van der Waals surface area contributed by atoms with Gasteiger partial charge in [-0.05, 0) is 19.0 Å². The third-order valence-corrected chi connectivity index (χ3v) is 3.17. The van der Waals surface area contributed by atoms with Gasteiger partial charge in [-0.3, -0.25) is 9.67 Å². The van der Waals surface area contributed by atoms with Crippen LogP contribution in [-0.4, -0.2) is 21.3 Å². The molecular formula is C15H18Cl2N4. The zero-order valence-corrected chi connectivity index (χ0v) is 13.1. The Kier molecular flexibility index (Phi) is 6.62. The maximum absolute atomic E-state index is 5.58. The topological polar surface area (TPSA) is 56.7 Å². The van der Waals surface area contributed by atoms with Crippen molar-refractivity contribution in [3.05, 3.63) is 48.8 Å². The van der Waals surface area contributed by atoms with Crippen molar-refractivity contribution in [3.63, 3.8) is 0 Å². The fraction of sp³-hybridized carbons (Fsp3) is 0.200. The summed E-state index contributed by atoms with van der Waals surface area (Å²) >= 11 is 0. The second-order valence-corrected chi connectivity index (χ2v) is 4.47. The smallest absolute Gasteiger partial charge is 0.102 e. The highest BCUT2D eigenvalue weighted by Crippen LogP contribution is 2.27. The molecule has 2 aromatic heterocycles. The van der Waals surface area contributed by atoms with Gasteiger partial charge < -0.3 is 5.73 Å². The molecule has 0 aliphatic carbocycles. The molecule has 0 aliphatic rings. The monoisotopic (exact) mass is 324 g/mol. The number of hydrogen-bond acceptors (Lipinski definition) is 3. The standard InChI is InChI=1S/C15H16N4.2ClH/c16-8-4-10-19-14-7-9-17-11-13(14)15(18-19)12-5-2-1-3-6-12;;/h1-3,5-7,9,11H,4,8,10,16H2;2*1H. The van der Waals surface area contributed by atoms with E-state index in [2.05, 4.69) is 17.1 Å². The highest BCUT2D eigenvalue weighted by molar-refractivity contribution is 5.92. The van der Waals surface area contributed by atoms with Crippen LogP contribution in [0.2, 0.25) is 0 Å². The van der Waals surface area contributed by atoms with E-state index in [-0.39, 0.29) is 24.8 Å². The quantitative estimate of drug-likeness (QED) is 0.801. The van der Waals surface area contributed by atoms with E-state index >= 15 is 0 Å². The number of nitrogens with two attached hydrogens (primary N) is 1. The van der Waals surface area contributed by atoms with Gasteiger partial charge in [0, 0.05) is 29.9 Å². The number of nitrogens with zero attached hydrogens (tertiary/aromatic N) is 3. The molecule has 2 N–H and O–H groups in total. The number of aromatic nitrogens is 3. The third-order valence-electron chi connectivity index (χ3n) is 3.17. The van der Waals surface area contributed by atoms with Crippen LogP contribution in [-0.2, 0) is 6.54 Å². The first-order chi connectivity index (χ1) is 9.40. The Balaban J connectivity index is 0.00000110. The lowest BCUT2D eigenvalue weighted by Crippen LogP contribution is -2.06. The van der Waals surface area contributed by atoms with Crippen molar-refractivity contribution in [3.8, 4) is 11.3 Å². The Morgan fingerprint density at radius 3 is 2.52 bits per heavy atom. The molecule has 1 aromatic carbocycles. The number of fused-ring (bicyclic) bond motifs is 1. The normalized spacial score (nSPS) is 9.95. The molecule has 0 radical (unpaired) electrons. The number of rotatable bonds is 4. The summed E-state index contributed by atoms with van der Waals surface area (Å²) < 4.78 is 2.02. The van der Waals surface area contributed by atoms with E-state index in [0.29, 0.717) is 6.54 Å². The lowest BCUT2D eigenvalue weighted by Gasteiger charge is -2.00. The minimum absolute atomic E-state index is 0. The Morgan fingerprint density at radius 2 is 1.81 bits per heavy atom. The van der Waals surface area contributed by atoms with E-state index in [9.17, 15) is 0 Å². The van der Waals surface area contributed by atoms with Crippen molar-refractivity contribution >= 4 is 35.7 Å². The fourth-order valence-corrected chi connectivity index (χ4v) is 2.24. The van der Waals surface area contributed by atoms with Gasteiger partial charge >= 0.3 is 0 Å². The first kappa shape index (κ1) is 17.4. The minimum atomic E-state index is 0. The van der Waals surface area contributed by atoms with Gasteiger partial charge in [-0.2, -0.15) is 5.10 Å². The van der Waals surface area contributed by atoms with E-state index in [1.165, 1.54) is 0 Å². The summed E-state index contributed by atoms with van der Waals surface area (Å²) in [6, 6.07) is 12.2. The molecule has 0 bridgehead atoms. The van der Waals surface area contributed by atoms with Crippen LogP contribution in [0.15, 0.2) is 48.8 Å². The molecule has 3 aromatic rings. The molecule has 0 atom stereocenters. The molecule has 0 amide bonds. The SMILES string of the molecule is Cl.Cl.NCCCn1nc(-c2ccccc2)c2cnccc21. The second-order valence-electron chi connectivity index (χ2n) is 4.47. The summed E-state index contributed by atoms with van der Waals surface area (Å²) in [5.74, 6) is 0. The second kappa shape index (κ2) is 7.98. The van der Waals surface area contributed by atoms with Crippen LogP contribution in [0.1, 0.15) is 6.42 Å². The lowest BCUT2D eigenvalue weighted by molar-refractivity contribution is 0.604. The number of aryl methyl sites for hydroxylation is 1. The van der Waals surface area contributed by atoms with Gasteiger partial charge in [0.2, 0.25) is 0 Å². The van der Waals surface area contributed by atoms with Crippen molar-refractivity contribution < 1.29 is 0 Å². The predicted octanol–water partition coefficient (Wildman–Crippen LogP) is 3.29. The highest BCUT2D eigenvalue weighted by Gasteiger charge is 2.11. The molecule has 21 heavy (non-hydrogen) atoms. The first-order valence-corrected chi connectivity index (χ1v) is 6.46. The van der Waals surface area contributed by atoms with E-state index in [1.807, 2.05) is 35.1 Å². The van der Waals surface area contributed by atoms with Gasteiger partial charge in [0.1, 0.15) is 5.69 Å². The first-order valence-electron chi connectivity index (χ1n) is 6.46. The molecule has 3 rings (SSSR count). The Labute approximate surface area is 136 Å². The van der Waals surface area contributed by atoms with Crippen LogP contribution in [0.3, 0.4) is 0 Å². The number of benzene rings is 1. The Bertz CT molecular complexity index is 682. The van der Waals surface area contributed by atoms with E-state index in [1.54, 1.807) is 6.20 Å². The van der Waals surface area contributed by atoms with Crippen LogP contribution in [0.4, 0.5) is 0 Å². The Morgan fingerprint density at radius 1 is 1.05 bits per heavy atom. The van der Waals surface area contributed by atoms with Crippen molar-refractivity contribution in [1.29, 1.82) is 0 Å². The third kappa shape index (κ3) is 3.53. The van der Waals surface area contributed by atoms with Crippen molar-refractivity contribution in [2.24, 2.45) is 5.73 Å². The molecule has 0 saturated heterocycles. The summed E-state index contributed by atoms with van der Waals surface area (Å²) in [6.07, 6.45) is 4.61. The van der Waals surface area contributed by atoms with Gasteiger partial charge in [-0.15, -0.1) is 24.8 Å². The van der Waals surface area contributed by atoms with Gasteiger partial charge in [0.15, 0.2) is 0 Å². The average Bonchev–Trinajstić information content (AvgIpc) is 2.85. The molecule has 0 saturated carbocycles. The molecule has 0 spiro atoms. The number of hydrogen-bond donors (Lipinski definition) is 1. The minimum Gasteiger partial charge on any atom is -0.330 e. The van der Waals surface area contributed by atoms with Crippen LogP contribution >= 0.6 is 24.8 Å². The number of pyridine rings is 1. The van der Waals surface area contributed by atoms with E-state index in [4.69, 9.17) is 10.8 Å². The van der Waals surface area contributed by atoms with Crippen molar-refractivity contribution in [2.45, 2.75) is 13.0 Å². The maximum Gasteiger partial charge on any atom is 0.102 e. The van der Waals surface area contributed by atoms with Crippen molar-refractivity contribution in [1.82, 2.24) is 14.8 Å². The molecule has 0 unspecified atom stereocenters. The van der Waals surface area contributed by atoms with Gasteiger partial charge in [0.25, 0.3) is 0 Å². The van der Waals surface area contributed by atoms with Gasteiger partial charge in [0.05, 0.1) is 5.52 Å². The summed E-state index contributed by atoms with van der Waals surface area (Å²) in [5, 5.41) is 5.81. The zero-order chi connectivity index (χ0) is 13.1. The highest BCUT2D eigenvalue weighted by atomic mass is 35.5. The summed E-state index contributed by atoms with van der Waals surface area (Å²) in [7, 11) is 0. The predicted molar refractivity (Wildman–Crippen MR) is 91.1 cm³/mol. The molecule has 4 nitrogen and oxygen atoms in total. The maximum atomic E-state index is 5.58. The van der Waals surface area contributed by atoms with E-state index < -0.39 is 0 Å². The Hall–Kier alpha value is -1.62. The average molecular weight is 325 g/mol. The molecule has 0 fully saturated rings. The number of halogens is 2. The van der Waals surface area contributed by atoms with Crippen LogP contribution < -0.4 is 5.73 Å². The summed E-state index contributed by atoms with van der Waals surface area (Å²) in [6.45, 7) is 1.51. The fourth-order valence-electron chi connectivity index (χ4n) is 2.24. The summed E-state index contributed by atoms with van der Waals surface area (Å²) in [5.41, 5.74) is 8.80. The van der Waals surface area contributed by atoms with Gasteiger partial charge in [-0.1, -0.05) is 30.3 Å². The molecular weight excluding hydrogens is 307 g/mol. The lowest BCUT2D eigenvalue weighted by atomic mass is 10.1. The van der Waals surface area contributed by atoms with Gasteiger partial charge in [-0.25, -0.2) is 0 Å². The van der Waals surface area contributed by atoms with Crippen LogP contribution in [0, 0.1) is 0 Å². The van der Waals surface area contributed by atoms with Crippen molar-refractivity contribution in [2.75, 3.05) is 6.54 Å². The van der Waals surface area contributed by atoms with E-state index in [0.717, 1.165) is 35.1 Å².